The van der Waals surface area contributed by atoms with E-state index in [2.05, 4.69) is 68.2 Å². The zero-order chi connectivity index (χ0) is 16.0. The quantitative estimate of drug-likeness (QED) is 0.815. The Kier molecular flexibility index (Phi) is 3.37. The van der Waals surface area contributed by atoms with Crippen LogP contribution in [0.5, 0.6) is 5.75 Å². The predicted octanol–water partition coefficient (Wildman–Crippen LogP) is 4.52. The number of rotatable bonds is 2. The molecule has 3 heteroatoms. The molecule has 2 heterocycles. The zero-order valence-corrected chi connectivity index (χ0v) is 13.9. The summed E-state index contributed by atoms with van der Waals surface area (Å²) in [5, 5.41) is 7.11. The summed E-state index contributed by atoms with van der Waals surface area (Å²) < 4.78 is 6.23. The van der Waals surface area contributed by atoms with Gasteiger partial charge in [0.05, 0.1) is 11.8 Å². The number of nitrogens with zero attached hydrogens (tertiary/aromatic N) is 2. The van der Waals surface area contributed by atoms with E-state index in [4.69, 9.17) is 9.84 Å². The first-order valence-electron chi connectivity index (χ1n) is 8.32. The molecule has 4 rings (SSSR count). The van der Waals surface area contributed by atoms with Crippen LogP contribution in [-0.2, 0) is 0 Å². The number of para-hydroxylation sites is 1. The second-order valence-corrected chi connectivity index (χ2v) is 6.80. The number of fused-ring (bicyclic) bond motifs is 3. The van der Waals surface area contributed by atoms with Crippen molar-refractivity contribution in [3.05, 3.63) is 65.2 Å². The van der Waals surface area contributed by atoms with Crippen LogP contribution < -0.4 is 4.74 Å². The van der Waals surface area contributed by atoms with Crippen LogP contribution in [0.3, 0.4) is 0 Å². The molecule has 2 aromatic rings. The molecule has 0 radical (unpaired) electrons. The van der Waals surface area contributed by atoms with Gasteiger partial charge in [-0.2, -0.15) is 5.10 Å². The van der Waals surface area contributed by atoms with Gasteiger partial charge in [0.15, 0.2) is 6.23 Å². The van der Waals surface area contributed by atoms with Crippen LogP contribution in [0.1, 0.15) is 43.0 Å². The smallest absolute Gasteiger partial charge is 0.190 e. The summed E-state index contributed by atoms with van der Waals surface area (Å²) in [4.78, 5) is 0. The van der Waals surface area contributed by atoms with Gasteiger partial charge in [0.2, 0.25) is 0 Å². The molecule has 0 saturated carbocycles. The second kappa shape index (κ2) is 5.41. The monoisotopic (exact) mass is 306 g/mol. The maximum absolute atomic E-state index is 6.23. The van der Waals surface area contributed by atoms with E-state index in [0.29, 0.717) is 5.92 Å². The van der Waals surface area contributed by atoms with Crippen molar-refractivity contribution in [3.63, 3.8) is 0 Å². The maximum atomic E-state index is 6.23. The highest BCUT2D eigenvalue weighted by Gasteiger charge is 2.41. The first kappa shape index (κ1) is 14.3. The summed E-state index contributed by atoms with van der Waals surface area (Å²) in [5.41, 5.74) is 4.89. The lowest BCUT2D eigenvalue weighted by molar-refractivity contribution is -0.0461. The average Bonchev–Trinajstić information content (AvgIpc) is 3.00. The first-order valence-corrected chi connectivity index (χ1v) is 8.32. The molecule has 0 fully saturated rings. The molecule has 2 unspecified atom stereocenters. The highest BCUT2D eigenvalue weighted by Crippen LogP contribution is 2.44. The Morgan fingerprint density at radius 3 is 2.57 bits per heavy atom. The van der Waals surface area contributed by atoms with Gasteiger partial charge < -0.3 is 4.74 Å². The summed E-state index contributed by atoms with van der Waals surface area (Å²) in [6, 6.07) is 17.3. The minimum Gasteiger partial charge on any atom is -0.468 e. The molecule has 0 bridgehead atoms. The largest absolute Gasteiger partial charge is 0.468 e. The van der Waals surface area contributed by atoms with E-state index >= 15 is 0 Å². The van der Waals surface area contributed by atoms with Crippen LogP contribution in [0.25, 0.3) is 0 Å². The van der Waals surface area contributed by atoms with E-state index in [1.165, 1.54) is 16.7 Å². The van der Waals surface area contributed by atoms with Crippen molar-refractivity contribution in [2.75, 3.05) is 0 Å². The van der Waals surface area contributed by atoms with Gasteiger partial charge in [-0.05, 0) is 18.6 Å². The molecule has 0 aliphatic carbocycles. The zero-order valence-electron chi connectivity index (χ0n) is 13.9. The second-order valence-electron chi connectivity index (χ2n) is 6.80. The fourth-order valence-corrected chi connectivity index (χ4v) is 3.42. The van der Waals surface area contributed by atoms with Crippen molar-refractivity contribution >= 4 is 5.71 Å². The molecule has 2 aliphatic rings. The number of benzene rings is 2. The third kappa shape index (κ3) is 2.40. The summed E-state index contributed by atoms with van der Waals surface area (Å²) in [6.07, 6.45) is 0.935. The molecule has 2 aromatic carbocycles. The Balaban J connectivity index is 1.74. The molecule has 2 aliphatic heterocycles. The van der Waals surface area contributed by atoms with E-state index < -0.39 is 0 Å². The lowest BCUT2D eigenvalue weighted by Crippen LogP contribution is -2.43. The van der Waals surface area contributed by atoms with Gasteiger partial charge in [-0.1, -0.05) is 61.9 Å². The van der Waals surface area contributed by atoms with Crippen molar-refractivity contribution in [2.24, 2.45) is 11.0 Å². The number of ether oxygens (including phenoxy) is 1. The van der Waals surface area contributed by atoms with Crippen molar-refractivity contribution in [1.29, 1.82) is 0 Å². The maximum Gasteiger partial charge on any atom is 0.190 e. The summed E-state index contributed by atoms with van der Waals surface area (Å²) in [6.45, 7) is 6.49. The van der Waals surface area contributed by atoms with Gasteiger partial charge in [0.1, 0.15) is 5.75 Å². The third-order valence-corrected chi connectivity index (χ3v) is 4.68. The molecule has 118 valence electrons. The molecule has 0 amide bonds. The van der Waals surface area contributed by atoms with Crippen LogP contribution in [0, 0.1) is 12.8 Å². The van der Waals surface area contributed by atoms with Crippen LogP contribution in [0.4, 0.5) is 0 Å². The van der Waals surface area contributed by atoms with E-state index in [0.717, 1.165) is 17.9 Å². The van der Waals surface area contributed by atoms with E-state index in [-0.39, 0.29) is 12.3 Å². The molecule has 2 atom stereocenters. The van der Waals surface area contributed by atoms with Crippen molar-refractivity contribution < 1.29 is 4.74 Å². The average molecular weight is 306 g/mol. The minimum absolute atomic E-state index is 0.00199. The van der Waals surface area contributed by atoms with Gasteiger partial charge >= 0.3 is 0 Å². The lowest BCUT2D eigenvalue weighted by atomic mass is 9.95. The highest BCUT2D eigenvalue weighted by atomic mass is 16.5. The Morgan fingerprint density at radius 2 is 1.83 bits per heavy atom. The normalized spacial score (nSPS) is 22.4. The fraction of sp³-hybridized carbons (Fsp3) is 0.350. The van der Waals surface area contributed by atoms with Crippen LogP contribution >= 0.6 is 0 Å². The van der Waals surface area contributed by atoms with Crippen LogP contribution in [0.2, 0.25) is 0 Å². The Bertz CT molecular complexity index is 748. The van der Waals surface area contributed by atoms with Gasteiger partial charge in [0.25, 0.3) is 0 Å². The molecular weight excluding hydrogens is 284 g/mol. The van der Waals surface area contributed by atoms with Crippen molar-refractivity contribution in [3.8, 4) is 5.75 Å². The summed E-state index contributed by atoms with van der Waals surface area (Å²) in [5.74, 6) is 1.39. The van der Waals surface area contributed by atoms with E-state index in [9.17, 15) is 0 Å². The number of hydrogen-bond acceptors (Lipinski definition) is 3. The van der Waals surface area contributed by atoms with Crippen molar-refractivity contribution in [2.45, 2.75) is 39.5 Å². The molecule has 0 spiro atoms. The molecule has 3 nitrogen and oxygen atoms in total. The first-order chi connectivity index (χ1) is 11.1. The van der Waals surface area contributed by atoms with Gasteiger partial charge in [-0.3, -0.25) is 0 Å². The van der Waals surface area contributed by atoms with Crippen LogP contribution in [0.15, 0.2) is 53.6 Å². The third-order valence-electron chi connectivity index (χ3n) is 4.68. The van der Waals surface area contributed by atoms with Gasteiger partial charge in [-0.25, -0.2) is 5.01 Å². The van der Waals surface area contributed by atoms with E-state index in [1.54, 1.807) is 0 Å². The number of hydrogen-bond donors (Lipinski definition) is 0. The molecule has 0 N–H and O–H groups in total. The lowest BCUT2D eigenvalue weighted by Gasteiger charge is -2.39. The van der Waals surface area contributed by atoms with Gasteiger partial charge in [0, 0.05) is 17.9 Å². The molecule has 0 aromatic heterocycles. The molecular formula is C20H22N2O. The standard InChI is InChI=1S/C20H22N2O/c1-13(2)20-22-18(16-6-4-5-7-19(16)23-20)12-17(21-22)15-10-8-14(3)9-11-15/h4-11,13,18,20H,12H2,1-3H3. The minimum atomic E-state index is -0.00199. The van der Waals surface area contributed by atoms with Crippen LogP contribution in [-0.4, -0.2) is 16.9 Å². The van der Waals surface area contributed by atoms with E-state index in [1.807, 2.05) is 6.07 Å². The Hall–Kier alpha value is -2.29. The Labute approximate surface area is 137 Å². The number of hydrazone groups is 1. The fourth-order valence-electron chi connectivity index (χ4n) is 3.42. The van der Waals surface area contributed by atoms with Crippen molar-refractivity contribution in [1.82, 2.24) is 5.01 Å². The predicted molar refractivity (Wildman–Crippen MR) is 92.6 cm³/mol. The van der Waals surface area contributed by atoms with Gasteiger partial charge in [-0.15, -0.1) is 0 Å². The topological polar surface area (TPSA) is 24.8 Å². The molecule has 0 saturated heterocycles. The SMILES string of the molecule is Cc1ccc(C2=NN3C(C2)c2ccccc2OC3C(C)C)cc1. The Morgan fingerprint density at radius 1 is 1.09 bits per heavy atom. The number of aryl methyl sites for hydroxylation is 1. The summed E-state index contributed by atoms with van der Waals surface area (Å²) in [7, 11) is 0. The highest BCUT2D eigenvalue weighted by molar-refractivity contribution is 6.02. The molecule has 23 heavy (non-hydrogen) atoms. The summed E-state index contributed by atoms with van der Waals surface area (Å²) >= 11 is 0.